The monoisotopic (exact) mass is 550 g/mol. The molecule has 0 unspecified atom stereocenters. The molecular formula is C29H36F2O6S. The average Bonchev–Trinajstić information content (AvgIpc) is 2.89. The molecule has 0 radical (unpaired) electrons. The Bertz CT molecular complexity index is 1240. The van der Waals surface area contributed by atoms with E-state index in [0.29, 0.717) is 18.4 Å². The van der Waals surface area contributed by atoms with Gasteiger partial charge in [0.25, 0.3) is 0 Å². The van der Waals surface area contributed by atoms with Crippen molar-refractivity contribution in [1.29, 1.82) is 0 Å². The van der Waals surface area contributed by atoms with Crippen LogP contribution in [0.3, 0.4) is 0 Å². The minimum Gasteiger partial charge on any atom is -0.465 e. The van der Waals surface area contributed by atoms with Crippen molar-refractivity contribution >= 4 is 32.9 Å². The summed E-state index contributed by atoms with van der Waals surface area (Å²) in [7, 11) is -2.34. The van der Waals surface area contributed by atoms with Crippen LogP contribution in [0.25, 0.3) is 11.1 Å². The normalized spacial score (nSPS) is 13.0. The molecule has 0 heterocycles. The average molecular weight is 551 g/mol. The zero-order chi connectivity index (χ0) is 28.3. The second-order valence-electron chi connectivity index (χ2n) is 9.21. The number of halogens is 2. The van der Waals surface area contributed by atoms with Crippen LogP contribution < -0.4 is 0 Å². The summed E-state index contributed by atoms with van der Waals surface area (Å²) in [5.74, 6) is -3.82. The van der Waals surface area contributed by atoms with Crippen molar-refractivity contribution in [2.75, 3.05) is 20.0 Å². The van der Waals surface area contributed by atoms with Gasteiger partial charge in [0, 0.05) is 11.8 Å². The molecule has 9 heteroatoms. The van der Waals surface area contributed by atoms with Crippen LogP contribution in [0.1, 0.15) is 69.9 Å². The molecule has 0 saturated carbocycles. The molecule has 0 aliphatic heterocycles. The number of hydrogen-bond donors (Lipinski definition) is 0. The lowest BCUT2D eigenvalue weighted by atomic mass is 9.94. The third kappa shape index (κ3) is 8.75. The molecule has 0 fully saturated rings. The van der Waals surface area contributed by atoms with E-state index in [1.165, 1.54) is 30.3 Å². The van der Waals surface area contributed by atoms with Crippen LogP contribution in [-0.2, 0) is 28.9 Å². The van der Waals surface area contributed by atoms with Crippen molar-refractivity contribution in [2.24, 2.45) is 5.92 Å². The van der Waals surface area contributed by atoms with Gasteiger partial charge >= 0.3 is 11.9 Å². The number of benzene rings is 2. The number of hydrogen-bond acceptors (Lipinski definition) is 6. The third-order valence-corrected chi connectivity index (χ3v) is 7.39. The van der Waals surface area contributed by atoms with Crippen molar-refractivity contribution in [3.63, 3.8) is 0 Å². The first kappa shape index (κ1) is 31.1. The molecule has 6 nitrogen and oxygen atoms in total. The Balaban J connectivity index is 2.54. The fraction of sp³-hybridized carbons (Fsp3) is 0.448. The van der Waals surface area contributed by atoms with Gasteiger partial charge in [0.1, 0.15) is 6.61 Å². The maximum absolute atomic E-state index is 14.1. The summed E-state index contributed by atoms with van der Waals surface area (Å²) in [5, 5.41) is 0. The van der Waals surface area contributed by atoms with E-state index in [0.717, 1.165) is 57.6 Å². The molecule has 0 saturated heterocycles. The van der Waals surface area contributed by atoms with Crippen molar-refractivity contribution in [3.05, 3.63) is 65.2 Å². The molecule has 2 aromatic carbocycles. The summed E-state index contributed by atoms with van der Waals surface area (Å²) in [6, 6.07) is 8.64. The fourth-order valence-electron chi connectivity index (χ4n) is 4.18. The van der Waals surface area contributed by atoms with Crippen LogP contribution in [-0.4, -0.2) is 40.3 Å². The minimum absolute atomic E-state index is 0.0265. The van der Waals surface area contributed by atoms with Gasteiger partial charge in [-0.2, -0.15) is 0 Å². The molecule has 208 valence electrons. The lowest BCUT2D eigenvalue weighted by Gasteiger charge is -2.19. The summed E-state index contributed by atoms with van der Waals surface area (Å²) < 4.78 is 62.3. The van der Waals surface area contributed by atoms with Crippen LogP contribution in [0.5, 0.6) is 0 Å². The zero-order valence-corrected chi connectivity index (χ0v) is 23.2. The van der Waals surface area contributed by atoms with Crippen LogP contribution >= 0.6 is 0 Å². The van der Waals surface area contributed by atoms with E-state index in [1.807, 2.05) is 6.92 Å². The highest BCUT2D eigenvalue weighted by atomic mass is 32.2. The number of carbonyl (C=O) groups excluding carboxylic acids is 2. The fourth-order valence-corrected chi connectivity index (χ4v) is 4.81. The highest BCUT2D eigenvalue weighted by molar-refractivity contribution is 7.90. The Morgan fingerprint density at radius 3 is 2.08 bits per heavy atom. The van der Waals surface area contributed by atoms with Gasteiger partial charge in [-0.3, -0.25) is 4.79 Å². The Morgan fingerprint density at radius 1 is 0.868 bits per heavy atom. The summed E-state index contributed by atoms with van der Waals surface area (Å²) >= 11 is 0. The van der Waals surface area contributed by atoms with Gasteiger partial charge in [0.2, 0.25) is 0 Å². The summed E-state index contributed by atoms with van der Waals surface area (Å²) in [5.41, 5.74) is 0.447. The standard InChI is InChI=1S/C29H36F2O6S/c1-5-7-8-9-11-21(10-6-2)28(32)37-19-24(20-12-15-23(16-13-20)38(4,34)35)27(29(33)36-3)22-14-17-25(30)26(31)18-22/h12-18,21H,5-11,19H2,1-4H3/b27-24+/t21-/m1/s1. The lowest BCUT2D eigenvalue weighted by Crippen LogP contribution is -2.20. The van der Waals surface area contributed by atoms with Crippen molar-refractivity contribution in [2.45, 2.75) is 63.7 Å². The molecule has 1 atom stereocenters. The van der Waals surface area contributed by atoms with Gasteiger partial charge in [-0.15, -0.1) is 0 Å². The van der Waals surface area contributed by atoms with Gasteiger partial charge < -0.3 is 9.47 Å². The molecule has 0 aliphatic rings. The van der Waals surface area contributed by atoms with Crippen molar-refractivity contribution < 1.29 is 36.3 Å². The van der Waals surface area contributed by atoms with Crippen molar-refractivity contribution in [1.82, 2.24) is 0 Å². The van der Waals surface area contributed by atoms with Crippen LogP contribution in [0, 0.1) is 17.6 Å². The van der Waals surface area contributed by atoms with Gasteiger partial charge in [0.15, 0.2) is 21.5 Å². The Labute approximate surface area is 224 Å². The number of rotatable bonds is 14. The van der Waals surface area contributed by atoms with E-state index in [4.69, 9.17) is 9.47 Å². The predicted octanol–water partition coefficient (Wildman–Crippen LogP) is 6.38. The molecule has 0 bridgehead atoms. The Hall–Kier alpha value is -3.07. The molecule has 0 amide bonds. The predicted molar refractivity (Wildman–Crippen MR) is 143 cm³/mol. The van der Waals surface area contributed by atoms with E-state index in [9.17, 15) is 26.8 Å². The molecule has 0 N–H and O–H groups in total. The maximum atomic E-state index is 14.1. The van der Waals surface area contributed by atoms with E-state index in [-0.39, 0.29) is 34.1 Å². The van der Waals surface area contributed by atoms with Crippen LogP contribution in [0.2, 0.25) is 0 Å². The number of ether oxygens (including phenoxy) is 2. The molecule has 38 heavy (non-hydrogen) atoms. The second-order valence-corrected chi connectivity index (χ2v) is 11.2. The number of unbranched alkanes of at least 4 members (excludes halogenated alkanes) is 3. The highest BCUT2D eigenvalue weighted by Crippen LogP contribution is 2.30. The molecule has 0 aromatic heterocycles. The summed E-state index contributed by atoms with van der Waals surface area (Å²) in [4.78, 5) is 26.0. The van der Waals surface area contributed by atoms with Gasteiger partial charge in [-0.25, -0.2) is 22.0 Å². The minimum atomic E-state index is -3.49. The van der Waals surface area contributed by atoms with Crippen molar-refractivity contribution in [3.8, 4) is 0 Å². The molecule has 2 rings (SSSR count). The lowest BCUT2D eigenvalue weighted by molar-refractivity contribution is -0.147. The van der Waals surface area contributed by atoms with Gasteiger partial charge in [-0.1, -0.05) is 64.2 Å². The van der Waals surface area contributed by atoms with E-state index in [2.05, 4.69) is 6.92 Å². The topological polar surface area (TPSA) is 86.7 Å². The number of esters is 2. The first-order valence-electron chi connectivity index (χ1n) is 12.8. The van der Waals surface area contributed by atoms with Crippen LogP contribution in [0.4, 0.5) is 8.78 Å². The maximum Gasteiger partial charge on any atom is 0.338 e. The number of methoxy groups -OCH3 is 1. The zero-order valence-electron chi connectivity index (χ0n) is 22.4. The quantitative estimate of drug-likeness (QED) is 0.117. The smallest absolute Gasteiger partial charge is 0.338 e. The Morgan fingerprint density at radius 2 is 1.53 bits per heavy atom. The van der Waals surface area contributed by atoms with E-state index < -0.39 is 33.4 Å². The molecule has 0 spiro atoms. The van der Waals surface area contributed by atoms with E-state index in [1.54, 1.807) is 0 Å². The molecule has 2 aromatic rings. The third-order valence-electron chi connectivity index (χ3n) is 6.27. The second kappa shape index (κ2) is 14.8. The number of sulfone groups is 1. The SMILES string of the molecule is CCCCCC[C@@H](CCC)C(=O)OC/C(=C(\C(=O)OC)c1ccc(F)c(F)c1)c1ccc(S(C)(=O)=O)cc1. The first-order chi connectivity index (χ1) is 18.0. The van der Waals surface area contributed by atoms with E-state index >= 15 is 0 Å². The molecule has 0 aliphatic carbocycles. The molecular weight excluding hydrogens is 514 g/mol. The largest absolute Gasteiger partial charge is 0.465 e. The first-order valence-corrected chi connectivity index (χ1v) is 14.7. The van der Waals surface area contributed by atoms with Gasteiger partial charge in [0.05, 0.1) is 23.5 Å². The summed E-state index contributed by atoms with van der Waals surface area (Å²) in [6.07, 6.45) is 7.27. The van der Waals surface area contributed by atoms with Crippen LogP contribution in [0.15, 0.2) is 47.4 Å². The number of carbonyl (C=O) groups is 2. The Kier molecular flexibility index (Phi) is 12.1. The highest BCUT2D eigenvalue weighted by Gasteiger charge is 2.25. The summed E-state index contributed by atoms with van der Waals surface area (Å²) in [6.45, 7) is 3.75. The van der Waals surface area contributed by atoms with Gasteiger partial charge in [-0.05, 0) is 48.2 Å².